The first kappa shape index (κ1) is 43.0. The van der Waals surface area contributed by atoms with Gasteiger partial charge in [0.15, 0.2) is 0 Å². The molecule has 3 heterocycles. The van der Waals surface area contributed by atoms with E-state index in [1.54, 1.807) is 13.2 Å². The number of ether oxygens (including phenoxy) is 1. The van der Waals surface area contributed by atoms with E-state index in [1.807, 2.05) is 32.2 Å². The van der Waals surface area contributed by atoms with Crippen LogP contribution in [0.2, 0.25) is 0 Å². The van der Waals surface area contributed by atoms with Gasteiger partial charge in [-0.3, -0.25) is 9.78 Å². The van der Waals surface area contributed by atoms with Crippen molar-refractivity contribution in [1.82, 2.24) is 14.9 Å². The van der Waals surface area contributed by atoms with Gasteiger partial charge in [-0.1, -0.05) is 59.6 Å². The summed E-state index contributed by atoms with van der Waals surface area (Å²) < 4.78 is 5.23. The molecule has 7 nitrogen and oxygen atoms in total. The molecule has 7 heteroatoms. The average molecular weight is 664 g/mol. The van der Waals surface area contributed by atoms with E-state index in [9.17, 15) is 4.79 Å². The number of piperidine rings is 1. The lowest BCUT2D eigenvalue weighted by atomic mass is 9.89. The van der Waals surface area contributed by atoms with E-state index >= 15 is 0 Å². The Morgan fingerprint density at radius 3 is 2.23 bits per heavy atom. The van der Waals surface area contributed by atoms with Crippen molar-refractivity contribution in [3.63, 3.8) is 0 Å². The number of aromatic amines is 1. The summed E-state index contributed by atoms with van der Waals surface area (Å²) in [7, 11) is 1.74. The van der Waals surface area contributed by atoms with Crippen LogP contribution in [0.1, 0.15) is 96.4 Å². The molecule has 3 N–H and O–H groups in total. The van der Waals surface area contributed by atoms with Gasteiger partial charge >= 0.3 is 0 Å². The molecule has 48 heavy (non-hydrogen) atoms. The van der Waals surface area contributed by atoms with Crippen molar-refractivity contribution < 1.29 is 4.74 Å². The van der Waals surface area contributed by atoms with Crippen LogP contribution in [0.3, 0.4) is 0 Å². The maximum atomic E-state index is 11.8. The van der Waals surface area contributed by atoms with E-state index in [-0.39, 0.29) is 17.7 Å². The standard InChI is InChI=1S/C23H35N3O.C9H21NO.C7H9N.C2H4/c1-5-11-25(12-6-2)15-19-13-17(3)14-26(16-19)21-9-7-18(4)23-20(21)8-10-22(27)24-23;1-4-6-7-8(10)9(5-2)11-3;1-6-3-4-7(2)8-5-6;1-2/h7-10,17,19H,5-6,11-16H2,1-4H3,(H,24,27);8-9H,4-7,10H2,1-3H3;3-5H,1-2H3;1-2H2. The molecule has 0 saturated carbocycles. The monoisotopic (exact) mass is 664 g/mol. The lowest BCUT2D eigenvalue weighted by Gasteiger charge is -2.40. The first-order valence-electron chi connectivity index (χ1n) is 18.3. The van der Waals surface area contributed by atoms with Crippen molar-refractivity contribution in [2.45, 2.75) is 112 Å². The van der Waals surface area contributed by atoms with Gasteiger partial charge in [-0.05, 0) is 107 Å². The second kappa shape index (κ2) is 24.2. The van der Waals surface area contributed by atoms with E-state index in [0.29, 0.717) is 11.8 Å². The molecule has 4 rings (SSSR count). The zero-order valence-corrected chi connectivity index (χ0v) is 32.0. The summed E-state index contributed by atoms with van der Waals surface area (Å²) in [6.07, 6.45) is 10.4. The summed E-state index contributed by atoms with van der Waals surface area (Å²) in [6.45, 7) is 29.1. The first-order valence-corrected chi connectivity index (χ1v) is 18.3. The van der Waals surface area contributed by atoms with Crippen molar-refractivity contribution >= 4 is 16.6 Å². The molecule has 3 aromatic rings. The van der Waals surface area contributed by atoms with Gasteiger partial charge in [0.25, 0.3) is 0 Å². The van der Waals surface area contributed by atoms with Crippen LogP contribution in [0, 0.1) is 32.6 Å². The Morgan fingerprint density at radius 1 is 1.00 bits per heavy atom. The SMILES string of the molecule is C=C.CCCCC(N)C(CC)OC.CCCN(CCC)CC1CC(C)CN(c2ccc(C)c3[nH]c(=O)ccc23)C1.Cc1ccc(C)nc1. The fourth-order valence-electron chi connectivity index (χ4n) is 6.56. The number of aryl methyl sites for hydroxylation is 3. The second-order valence-corrected chi connectivity index (χ2v) is 13.4. The molecule has 1 saturated heterocycles. The summed E-state index contributed by atoms with van der Waals surface area (Å²) in [5, 5.41) is 1.17. The molecule has 1 fully saturated rings. The Balaban J connectivity index is 0.000000450. The number of anilines is 1. The number of pyridine rings is 2. The lowest BCUT2D eigenvalue weighted by Crippen LogP contribution is -2.44. The zero-order valence-electron chi connectivity index (χ0n) is 32.0. The van der Waals surface area contributed by atoms with E-state index < -0.39 is 0 Å². The number of hydrogen-bond acceptors (Lipinski definition) is 6. The van der Waals surface area contributed by atoms with Crippen LogP contribution in [-0.4, -0.2) is 66.8 Å². The van der Waals surface area contributed by atoms with Crippen molar-refractivity contribution in [2.75, 3.05) is 44.7 Å². The minimum absolute atomic E-state index is 0.0255. The molecular weight excluding hydrogens is 594 g/mol. The van der Waals surface area contributed by atoms with Gasteiger partial charge in [-0.15, -0.1) is 13.2 Å². The van der Waals surface area contributed by atoms with Crippen molar-refractivity contribution in [1.29, 1.82) is 0 Å². The number of nitrogens with one attached hydrogen (secondary N) is 1. The van der Waals surface area contributed by atoms with Crippen LogP contribution in [0.15, 0.2) is 60.5 Å². The number of fused-ring (bicyclic) bond motifs is 1. The second-order valence-electron chi connectivity index (χ2n) is 13.4. The predicted octanol–water partition coefficient (Wildman–Crippen LogP) is 8.85. The average Bonchev–Trinajstić information content (AvgIpc) is 3.07. The Morgan fingerprint density at radius 2 is 1.69 bits per heavy atom. The summed E-state index contributed by atoms with van der Waals surface area (Å²) in [5.74, 6) is 1.39. The Kier molecular flexibility index (Phi) is 21.7. The van der Waals surface area contributed by atoms with E-state index in [1.165, 1.54) is 68.4 Å². The molecule has 2 aromatic heterocycles. The highest BCUT2D eigenvalue weighted by atomic mass is 16.5. The quantitative estimate of drug-likeness (QED) is 0.178. The number of methoxy groups -OCH3 is 1. The zero-order chi connectivity index (χ0) is 36.1. The molecule has 1 aliphatic rings. The number of unbranched alkanes of at least 4 members (excludes halogenated alkanes) is 1. The van der Waals surface area contributed by atoms with E-state index in [4.69, 9.17) is 10.5 Å². The third-order valence-electron chi connectivity index (χ3n) is 8.90. The number of aromatic nitrogens is 2. The largest absolute Gasteiger partial charge is 0.380 e. The molecule has 0 aliphatic carbocycles. The number of benzene rings is 1. The van der Waals surface area contributed by atoms with Gasteiger partial charge in [0.1, 0.15) is 0 Å². The number of rotatable bonds is 13. The smallest absolute Gasteiger partial charge is 0.248 e. The normalized spacial score (nSPS) is 16.9. The molecule has 0 spiro atoms. The van der Waals surface area contributed by atoms with Crippen LogP contribution >= 0.6 is 0 Å². The highest BCUT2D eigenvalue weighted by molar-refractivity contribution is 5.93. The van der Waals surface area contributed by atoms with Gasteiger partial charge < -0.3 is 25.3 Å². The minimum Gasteiger partial charge on any atom is -0.380 e. The molecule has 0 bridgehead atoms. The summed E-state index contributed by atoms with van der Waals surface area (Å²) in [5.41, 5.74) is 11.5. The van der Waals surface area contributed by atoms with Gasteiger partial charge in [0.05, 0.1) is 11.6 Å². The minimum atomic E-state index is -0.0255. The van der Waals surface area contributed by atoms with Crippen LogP contribution in [0.4, 0.5) is 5.69 Å². The lowest BCUT2D eigenvalue weighted by molar-refractivity contribution is 0.0741. The van der Waals surface area contributed by atoms with Crippen molar-refractivity contribution in [2.24, 2.45) is 17.6 Å². The summed E-state index contributed by atoms with van der Waals surface area (Å²) in [4.78, 5) is 24.1. The Bertz CT molecular complexity index is 1290. The van der Waals surface area contributed by atoms with E-state index in [0.717, 1.165) is 42.7 Å². The molecule has 4 atom stereocenters. The van der Waals surface area contributed by atoms with Crippen molar-refractivity contribution in [3.8, 4) is 0 Å². The highest BCUT2D eigenvalue weighted by Gasteiger charge is 2.27. The molecule has 0 radical (unpaired) electrons. The van der Waals surface area contributed by atoms with Gasteiger partial charge in [-0.25, -0.2) is 0 Å². The molecule has 4 unspecified atom stereocenters. The van der Waals surface area contributed by atoms with Gasteiger partial charge in [0, 0.05) is 61.8 Å². The van der Waals surface area contributed by atoms with Crippen LogP contribution in [0.25, 0.3) is 10.9 Å². The van der Waals surface area contributed by atoms with Gasteiger partial charge in [-0.2, -0.15) is 0 Å². The summed E-state index contributed by atoms with van der Waals surface area (Å²) >= 11 is 0. The maximum absolute atomic E-state index is 11.8. The molecule has 270 valence electrons. The fraction of sp³-hybridized carbons (Fsp3) is 0.610. The fourth-order valence-corrected chi connectivity index (χ4v) is 6.56. The first-order chi connectivity index (χ1) is 23.1. The number of nitrogens with zero attached hydrogens (tertiary/aromatic N) is 3. The highest BCUT2D eigenvalue weighted by Crippen LogP contribution is 2.32. The number of nitrogens with two attached hydrogens (primary N) is 1. The Labute approximate surface area is 293 Å². The van der Waals surface area contributed by atoms with E-state index in [2.05, 4.69) is 92.7 Å². The van der Waals surface area contributed by atoms with Crippen LogP contribution in [-0.2, 0) is 4.74 Å². The molecule has 0 amide bonds. The Hall–Kier alpha value is -3.00. The van der Waals surface area contributed by atoms with Crippen LogP contribution < -0.4 is 16.2 Å². The third-order valence-corrected chi connectivity index (χ3v) is 8.90. The molecule has 1 aromatic carbocycles. The number of H-pyrrole nitrogens is 1. The molecule has 1 aliphatic heterocycles. The summed E-state index contributed by atoms with van der Waals surface area (Å²) in [6, 6.07) is 12.3. The topological polar surface area (TPSA) is 87.5 Å². The van der Waals surface area contributed by atoms with Gasteiger partial charge in [0.2, 0.25) is 5.56 Å². The number of hydrogen-bond donors (Lipinski definition) is 2. The van der Waals surface area contributed by atoms with Crippen molar-refractivity contribution in [3.05, 3.63) is 82.9 Å². The predicted molar refractivity (Wildman–Crippen MR) is 209 cm³/mol. The third kappa shape index (κ3) is 15.0. The molecular formula is C41H69N5O2. The van der Waals surface area contributed by atoms with Crippen LogP contribution in [0.5, 0.6) is 0 Å². The maximum Gasteiger partial charge on any atom is 0.248 e.